The molecular formula is C21H25N3O3. The van der Waals surface area contributed by atoms with E-state index in [2.05, 4.69) is 29.8 Å². The van der Waals surface area contributed by atoms with Crippen LogP contribution in [-0.2, 0) is 4.79 Å². The summed E-state index contributed by atoms with van der Waals surface area (Å²) in [6, 6.07) is 13.4. The molecule has 0 aliphatic heterocycles. The van der Waals surface area contributed by atoms with Gasteiger partial charge in [0.2, 0.25) is 5.91 Å². The summed E-state index contributed by atoms with van der Waals surface area (Å²) in [6.07, 6.45) is 0.899. The van der Waals surface area contributed by atoms with E-state index in [1.54, 1.807) is 48.5 Å². The summed E-state index contributed by atoms with van der Waals surface area (Å²) in [7, 11) is 0. The van der Waals surface area contributed by atoms with E-state index in [9.17, 15) is 14.4 Å². The van der Waals surface area contributed by atoms with E-state index >= 15 is 0 Å². The molecule has 0 aliphatic carbocycles. The van der Waals surface area contributed by atoms with Crippen molar-refractivity contribution in [2.75, 3.05) is 17.2 Å². The van der Waals surface area contributed by atoms with Crippen LogP contribution in [-0.4, -0.2) is 24.3 Å². The second-order valence-electron chi connectivity index (χ2n) is 6.74. The third kappa shape index (κ3) is 6.58. The molecule has 0 aliphatic rings. The summed E-state index contributed by atoms with van der Waals surface area (Å²) in [5, 5.41) is 8.30. The molecule has 6 heteroatoms. The van der Waals surface area contributed by atoms with Gasteiger partial charge in [-0.1, -0.05) is 26.0 Å². The number of benzene rings is 2. The van der Waals surface area contributed by atoms with Crippen LogP contribution in [0.2, 0.25) is 0 Å². The Kier molecular flexibility index (Phi) is 7.11. The number of hydrogen-bond acceptors (Lipinski definition) is 3. The van der Waals surface area contributed by atoms with Crippen molar-refractivity contribution in [2.24, 2.45) is 5.92 Å². The normalized spacial score (nSPS) is 10.4. The third-order valence-corrected chi connectivity index (χ3v) is 3.84. The highest BCUT2D eigenvalue weighted by Gasteiger charge is 2.11. The van der Waals surface area contributed by atoms with Crippen LogP contribution < -0.4 is 16.0 Å². The van der Waals surface area contributed by atoms with E-state index in [0.717, 1.165) is 6.42 Å². The van der Waals surface area contributed by atoms with Crippen LogP contribution in [0.15, 0.2) is 48.5 Å². The van der Waals surface area contributed by atoms with E-state index < -0.39 is 0 Å². The average Bonchev–Trinajstić information content (AvgIpc) is 2.61. The largest absolute Gasteiger partial charge is 0.352 e. The fourth-order valence-corrected chi connectivity index (χ4v) is 2.46. The van der Waals surface area contributed by atoms with Crippen molar-refractivity contribution in [1.29, 1.82) is 0 Å². The van der Waals surface area contributed by atoms with E-state index in [1.807, 2.05) is 0 Å². The van der Waals surface area contributed by atoms with Gasteiger partial charge < -0.3 is 16.0 Å². The van der Waals surface area contributed by atoms with Crippen molar-refractivity contribution < 1.29 is 14.4 Å². The SMILES string of the molecule is CC(=O)Nc1cccc(NC(=O)c2cccc(C(=O)NCCC(C)C)c2)c1. The second-order valence-corrected chi connectivity index (χ2v) is 6.74. The Labute approximate surface area is 159 Å². The van der Waals surface area contributed by atoms with Gasteiger partial charge in [-0.15, -0.1) is 0 Å². The maximum atomic E-state index is 12.5. The van der Waals surface area contributed by atoms with Gasteiger partial charge in [0.1, 0.15) is 0 Å². The lowest BCUT2D eigenvalue weighted by molar-refractivity contribution is -0.114. The molecule has 0 fully saturated rings. The van der Waals surface area contributed by atoms with E-state index in [-0.39, 0.29) is 17.7 Å². The second kappa shape index (κ2) is 9.52. The fourth-order valence-electron chi connectivity index (χ4n) is 2.46. The Balaban J connectivity index is 2.04. The van der Waals surface area contributed by atoms with Crippen LogP contribution in [0, 0.1) is 5.92 Å². The number of hydrogen-bond donors (Lipinski definition) is 3. The van der Waals surface area contributed by atoms with E-state index in [0.29, 0.717) is 35.0 Å². The summed E-state index contributed by atoms with van der Waals surface area (Å²) in [5.74, 6) is -0.199. The molecule has 0 unspecified atom stereocenters. The lowest BCUT2D eigenvalue weighted by Crippen LogP contribution is -2.25. The Bertz CT molecular complexity index is 831. The van der Waals surface area contributed by atoms with Gasteiger partial charge in [0.15, 0.2) is 0 Å². The van der Waals surface area contributed by atoms with Crippen molar-refractivity contribution >= 4 is 29.1 Å². The van der Waals surface area contributed by atoms with Gasteiger partial charge in [-0.2, -0.15) is 0 Å². The van der Waals surface area contributed by atoms with Crippen molar-refractivity contribution in [3.63, 3.8) is 0 Å². The van der Waals surface area contributed by atoms with Crippen LogP contribution in [0.5, 0.6) is 0 Å². The van der Waals surface area contributed by atoms with Crippen LogP contribution in [0.25, 0.3) is 0 Å². The Morgan fingerprint density at radius 1 is 0.852 bits per heavy atom. The quantitative estimate of drug-likeness (QED) is 0.698. The lowest BCUT2D eigenvalue weighted by atomic mass is 10.1. The molecule has 3 N–H and O–H groups in total. The molecule has 0 atom stereocenters. The summed E-state index contributed by atoms with van der Waals surface area (Å²) >= 11 is 0. The number of amides is 3. The zero-order valence-corrected chi connectivity index (χ0v) is 15.8. The van der Waals surface area contributed by atoms with E-state index in [1.165, 1.54) is 6.92 Å². The molecule has 0 radical (unpaired) electrons. The average molecular weight is 367 g/mol. The zero-order chi connectivity index (χ0) is 19.8. The minimum absolute atomic E-state index is 0.186. The predicted octanol–water partition coefficient (Wildman–Crippen LogP) is 3.67. The highest BCUT2D eigenvalue weighted by Crippen LogP contribution is 2.16. The molecule has 0 saturated heterocycles. The number of carbonyl (C=O) groups excluding carboxylic acids is 3. The summed E-state index contributed by atoms with van der Waals surface area (Å²) in [4.78, 5) is 35.9. The first kappa shape index (κ1) is 20.2. The number of anilines is 2. The van der Waals surface area contributed by atoms with Gasteiger partial charge in [-0.05, 0) is 48.7 Å². The summed E-state index contributed by atoms with van der Waals surface area (Å²) < 4.78 is 0. The van der Waals surface area contributed by atoms with Crippen LogP contribution in [0.4, 0.5) is 11.4 Å². The van der Waals surface area contributed by atoms with Gasteiger partial charge in [-0.25, -0.2) is 0 Å². The molecule has 3 amide bonds. The Hall–Kier alpha value is -3.15. The Morgan fingerprint density at radius 2 is 1.44 bits per heavy atom. The van der Waals surface area contributed by atoms with Crippen LogP contribution >= 0.6 is 0 Å². The first-order valence-corrected chi connectivity index (χ1v) is 8.92. The summed E-state index contributed by atoms with van der Waals surface area (Å²) in [6.45, 7) is 6.21. The molecule has 0 bridgehead atoms. The first-order chi connectivity index (χ1) is 12.8. The lowest BCUT2D eigenvalue weighted by Gasteiger charge is -2.10. The van der Waals surface area contributed by atoms with E-state index in [4.69, 9.17) is 0 Å². The molecule has 2 aromatic carbocycles. The fraction of sp³-hybridized carbons (Fsp3) is 0.286. The highest BCUT2D eigenvalue weighted by atomic mass is 16.2. The minimum Gasteiger partial charge on any atom is -0.352 e. The molecule has 27 heavy (non-hydrogen) atoms. The number of nitrogens with one attached hydrogen (secondary N) is 3. The molecule has 0 saturated carbocycles. The molecule has 2 aromatic rings. The molecule has 0 aromatic heterocycles. The molecule has 2 rings (SSSR count). The zero-order valence-electron chi connectivity index (χ0n) is 15.8. The molecule has 142 valence electrons. The minimum atomic E-state index is -0.327. The topological polar surface area (TPSA) is 87.3 Å². The number of rotatable bonds is 7. The van der Waals surface area contributed by atoms with Gasteiger partial charge in [0.25, 0.3) is 11.8 Å². The smallest absolute Gasteiger partial charge is 0.255 e. The molecular weight excluding hydrogens is 342 g/mol. The van der Waals surface area contributed by atoms with Crippen molar-refractivity contribution in [3.8, 4) is 0 Å². The summed E-state index contributed by atoms with van der Waals surface area (Å²) in [5.41, 5.74) is 1.98. The van der Waals surface area contributed by atoms with Crippen LogP contribution in [0.1, 0.15) is 47.9 Å². The van der Waals surface area contributed by atoms with Gasteiger partial charge in [-0.3, -0.25) is 14.4 Å². The maximum Gasteiger partial charge on any atom is 0.255 e. The van der Waals surface area contributed by atoms with Crippen molar-refractivity contribution in [1.82, 2.24) is 5.32 Å². The van der Waals surface area contributed by atoms with Gasteiger partial charge in [0.05, 0.1) is 0 Å². The standard InChI is InChI=1S/C21H25N3O3/c1-14(2)10-11-22-20(26)16-6-4-7-17(12-16)21(27)24-19-9-5-8-18(13-19)23-15(3)25/h4-9,12-14H,10-11H2,1-3H3,(H,22,26)(H,23,25)(H,24,27). The van der Waals surface area contributed by atoms with Crippen LogP contribution in [0.3, 0.4) is 0 Å². The van der Waals surface area contributed by atoms with Gasteiger partial charge >= 0.3 is 0 Å². The maximum absolute atomic E-state index is 12.5. The molecule has 0 heterocycles. The highest BCUT2D eigenvalue weighted by molar-refractivity contribution is 6.06. The monoisotopic (exact) mass is 367 g/mol. The third-order valence-electron chi connectivity index (χ3n) is 3.84. The molecule has 6 nitrogen and oxygen atoms in total. The number of carbonyl (C=O) groups is 3. The van der Waals surface area contributed by atoms with Crippen molar-refractivity contribution in [3.05, 3.63) is 59.7 Å². The Morgan fingerprint density at radius 3 is 2.07 bits per heavy atom. The van der Waals surface area contributed by atoms with Gasteiger partial charge in [0, 0.05) is 36.0 Å². The molecule has 0 spiro atoms. The van der Waals surface area contributed by atoms with Crippen molar-refractivity contribution in [2.45, 2.75) is 27.2 Å². The first-order valence-electron chi connectivity index (χ1n) is 8.92. The predicted molar refractivity (Wildman–Crippen MR) is 107 cm³/mol.